The van der Waals surface area contributed by atoms with Crippen LogP contribution in [0.2, 0.25) is 0 Å². The molecule has 0 bridgehead atoms. The van der Waals surface area contributed by atoms with Gasteiger partial charge in [-0.15, -0.1) is 6.58 Å². The minimum atomic E-state index is -0.457. The molecule has 2 N–H and O–H groups in total. The lowest BCUT2D eigenvalue weighted by Gasteiger charge is -1.99. The van der Waals surface area contributed by atoms with Gasteiger partial charge in [0.25, 0.3) is 5.69 Å². The maximum Gasteiger partial charge on any atom is 0.269 e. The Morgan fingerprint density at radius 3 is 2.60 bits per heavy atom. The van der Waals surface area contributed by atoms with E-state index in [1.54, 1.807) is 18.2 Å². The molecule has 0 saturated heterocycles. The molecule has 0 unspecified atom stereocenters. The van der Waals surface area contributed by atoms with Crippen LogP contribution in [0, 0.1) is 10.1 Å². The van der Waals surface area contributed by atoms with E-state index in [2.05, 4.69) is 11.6 Å². The van der Waals surface area contributed by atoms with Crippen molar-refractivity contribution in [3.63, 3.8) is 0 Å². The Balaban J connectivity index is 2.88. The number of aliphatic imine (C=N–C) groups is 1. The number of rotatable bonds is 4. The molecule has 0 fully saturated rings. The van der Waals surface area contributed by atoms with Crippen molar-refractivity contribution in [3.05, 3.63) is 52.6 Å². The Morgan fingerprint density at radius 1 is 1.53 bits per heavy atom. The quantitative estimate of drug-likeness (QED) is 0.266. The standard InChI is InChI=1S/C10H11N3O2/c1-2-7-12-10(11)8-3-5-9(6-4-8)13(14)15/h2-6H,1,7H2,(H2,11,12). The highest BCUT2D eigenvalue weighted by atomic mass is 16.6. The average Bonchev–Trinajstić information content (AvgIpc) is 2.26. The summed E-state index contributed by atoms with van der Waals surface area (Å²) in [5.74, 6) is 0.352. The summed E-state index contributed by atoms with van der Waals surface area (Å²) >= 11 is 0. The summed E-state index contributed by atoms with van der Waals surface area (Å²) in [6, 6.07) is 5.93. The predicted octanol–water partition coefficient (Wildman–Crippen LogP) is 1.49. The number of hydrogen-bond donors (Lipinski definition) is 1. The van der Waals surface area contributed by atoms with Crippen LogP contribution in [0.15, 0.2) is 41.9 Å². The van der Waals surface area contributed by atoms with Gasteiger partial charge in [-0.1, -0.05) is 6.08 Å². The van der Waals surface area contributed by atoms with Gasteiger partial charge in [-0.3, -0.25) is 15.1 Å². The Hall–Kier alpha value is -2.17. The predicted molar refractivity (Wildman–Crippen MR) is 58.9 cm³/mol. The normalized spacial score (nSPS) is 11.1. The van der Waals surface area contributed by atoms with Crippen LogP contribution in [0.3, 0.4) is 0 Å². The Morgan fingerprint density at radius 2 is 2.13 bits per heavy atom. The van der Waals surface area contributed by atoms with Crippen LogP contribution in [-0.4, -0.2) is 17.3 Å². The molecule has 78 valence electrons. The molecule has 5 nitrogen and oxygen atoms in total. The van der Waals surface area contributed by atoms with Gasteiger partial charge in [0.1, 0.15) is 5.84 Å². The number of nitrogens with zero attached hydrogens (tertiary/aromatic N) is 2. The fraction of sp³-hybridized carbons (Fsp3) is 0.100. The molecule has 1 aromatic carbocycles. The number of benzene rings is 1. The number of nitro benzene ring substituents is 1. The van der Waals surface area contributed by atoms with Crippen LogP contribution in [-0.2, 0) is 0 Å². The molecule has 0 aliphatic carbocycles. The van der Waals surface area contributed by atoms with Crippen LogP contribution in [0.25, 0.3) is 0 Å². The molecule has 0 radical (unpaired) electrons. The monoisotopic (exact) mass is 205 g/mol. The van der Waals surface area contributed by atoms with Crippen molar-refractivity contribution in [2.24, 2.45) is 10.7 Å². The van der Waals surface area contributed by atoms with Gasteiger partial charge in [-0.05, 0) is 12.1 Å². The molecular weight excluding hydrogens is 194 g/mol. The van der Waals surface area contributed by atoms with Gasteiger partial charge >= 0.3 is 0 Å². The summed E-state index contributed by atoms with van der Waals surface area (Å²) < 4.78 is 0. The van der Waals surface area contributed by atoms with Crippen LogP contribution in [0.4, 0.5) is 5.69 Å². The van der Waals surface area contributed by atoms with Gasteiger partial charge in [0, 0.05) is 17.7 Å². The first-order valence-corrected chi connectivity index (χ1v) is 4.31. The molecule has 0 aliphatic heterocycles. The Kier molecular flexibility index (Phi) is 3.56. The van der Waals surface area contributed by atoms with Crippen molar-refractivity contribution >= 4 is 11.5 Å². The highest BCUT2D eigenvalue weighted by Crippen LogP contribution is 2.11. The Labute approximate surface area is 87.1 Å². The molecule has 0 saturated carbocycles. The second-order valence-electron chi connectivity index (χ2n) is 2.82. The fourth-order valence-corrected chi connectivity index (χ4v) is 1.01. The minimum absolute atomic E-state index is 0.0373. The first kappa shape index (κ1) is 10.9. The first-order chi connectivity index (χ1) is 7.15. The summed E-state index contributed by atoms with van der Waals surface area (Å²) in [6.07, 6.45) is 1.62. The van der Waals surface area contributed by atoms with Crippen molar-refractivity contribution in [3.8, 4) is 0 Å². The summed E-state index contributed by atoms with van der Waals surface area (Å²) in [4.78, 5) is 13.9. The van der Waals surface area contributed by atoms with E-state index in [0.29, 0.717) is 17.9 Å². The lowest BCUT2D eigenvalue weighted by atomic mass is 10.2. The molecule has 15 heavy (non-hydrogen) atoms. The van der Waals surface area contributed by atoms with Crippen LogP contribution >= 0.6 is 0 Å². The fourth-order valence-electron chi connectivity index (χ4n) is 1.01. The minimum Gasteiger partial charge on any atom is -0.383 e. The van der Waals surface area contributed by atoms with Crippen LogP contribution in [0.5, 0.6) is 0 Å². The smallest absolute Gasteiger partial charge is 0.269 e. The molecular formula is C10H11N3O2. The van der Waals surface area contributed by atoms with E-state index in [-0.39, 0.29) is 5.69 Å². The number of nitro groups is 1. The molecule has 1 aromatic rings. The van der Waals surface area contributed by atoms with Gasteiger partial charge in [-0.2, -0.15) is 0 Å². The van der Waals surface area contributed by atoms with Gasteiger partial charge in [0.05, 0.1) is 11.5 Å². The number of hydrogen-bond acceptors (Lipinski definition) is 3. The zero-order valence-electron chi connectivity index (χ0n) is 8.09. The van der Waals surface area contributed by atoms with Gasteiger partial charge in [0.2, 0.25) is 0 Å². The summed E-state index contributed by atoms with van der Waals surface area (Å²) in [5.41, 5.74) is 6.35. The van der Waals surface area contributed by atoms with E-state index in [0.717, 1.165) is 0 Å². The second-order valence-corrected chi connectivity index (χ2v) is 2.82. The summed E-state index contributed by atoms with van der Waals surface area (Å²) in [7, 11) is 0. The molecule has 0 aromatic heterocycles. The second kappa shape index (κ2) is 4.90. The molecule has 0 atom stereocenters. The van der Waals surface area contributed by atoms with E-state index in [4.69, 9.17) is 5.73 Å². The molecule has 0 spiro atoms. The third-order valence-electron chi connectivity index (χ3n) is 1.76. The topological polar surface area (TPSA) is 81.5 Å². The SMILES string of the molecule is C=CCN=C(N)c1ccc([N+](=O)[O-])cc1. The highest BCUT2D eigenvalue weighted by Gasteiger charge is 2.04. The molecule has 0 heterocycles. The zero-order valence-corrected chi connectivity index (χ0v) is 8.09. The average molecular weight is 205 g/mol. The molecule has 0 aliphatic rings. The maximum atomic E-state index is 10.4. The van der Waals surface area contributed by atoms with Crippen molar-refractivity contribution in [1.29, 1.82) is 0 Å². The van der Waals surface area contributed by atoms with E-state index in [1.807, 2.05) is 0 Å². The van der Waals surface area contributed by atoms with Gasteiger partial charge < -0.3 is 5.73 Å². The highest BCUT2D eigenvalue weighted by molar-refractivity contribution is 5.97. The van der Waals surface area contributed by atoms with Crippen molar-refractivity contribution in [1.82, 2.24) is 0 Å². The first-order valence-electron chi connectivity index (χ1n) is 4.31. The van der Waals surface area contributed by atoms with E-state index >= 15 is 0 Å². The van der Waals surface area contributed by atoms with Crippen molar-refractivity contribution in [2.45, 2.75) is 0 Å². The number of non-ortho nitro benzene ring substituents is 1. The molecule has 0 amide bonds. The van der Waals surface area contributed by atoms with Crippen LogP contribution < -0.4 is 5.73 Å². The van der Waals surface area contributed by atoms with Crippen molar-refractivity contribution in [2.75, 3.05) is 6.54 Å². The maximum absolute atomic E-state index is 10.4. The lowest BCUT2D eigenvalue weighted by molar-refractivity contribution is -0.384. The third kappa shape index (κ3) is 2.91. The number of nitrogens with two attached hydrogens (primary N) is 1. The third-order valence-corrected chi connectivity index (χ3v) is 1.76. The van der Waals surface area contributed by atoms with Crippen molar-refractivity contribution < 1.29 is 4.92 Å². The summed E-state index contributed by atoms with van der Waals surface area (Å²) in [6.45, 7) is 3.95. The number of amidine groups is 1. The van der Waals surface area contributed by atoms with Crippen LogP contribution in [0.1, 0.15) is 5.56 Å². The Bertz CT molecular complexity index is 396. The summed E-state index contributed by atoms with van der Waals surface area (Å²) in [5, 5.41) is 10.4. The van der Waals surface area contributed by atoms with E-state index in [1.165, 1.54) is 12.1 Å². The zero-order chi connectivity index (χ0) is 11.3. The lowest BCUT2D eigenvalue weighted by Crippen LogP contribution is -2.13. The van der Waals surface area contributed by atoms with E-state index < -0.39 is 4.92 Å². The van der Waals surface area contributed by atoms with E-state index in [9.17, 15) is 10.1 Å². The van der Waals surface area contributed by atoms with Gasteiger partial charge in [0.15, 0.2) is 0 Å². The van der Waals surface area contributed by atoms with Gasteiger partial charge in [-0.25, -0.2) is 0 Å². The molecule has 1 rings (SSSR count). The largest absolute Gasteiger partial charge is 0.383 e. The molecule has 5 heteroatoms.